The minimum atomic E-state index is 0.690. The van der Waals surface area contributed by atoms with Crippen molar-refractivity contribution >= 4 is 11.6 Å². The lowest BCUT2D eigenvalue weighted by atomic mass is 10.0. The lowest BCUT2D eigenvalue weighted by Gasteiger charge is -2.08. The molecule has 0 fully saturated rings. The van der Waals surface area contributed by atoms with Crippen molar-refractivity contribution in [3.63, 3.8) is 0 Å². The van der Waals surface area contributed by atoms with Crippen LogP contribution in [0.5, 0.6) is 0 Å². The van der Waals surface area contributed by atoms with Gasteiger partial charge in [0.15, 0.2) is 0 Å². The summed E-state index contributed by atoms with van der Waals surface area (Å²) in [5.74, 6) is 0. The van der Waals surface area contributed by atoms with Crippen LogP contribution in [0.25, 0.3) is 0 Å². The van der Waals surface area contributed by atoms with Crippen LogP contribution in [0.1, 0.15) is 19.3 Å². The van der Waals surface area contributed by atoms with Crippen LogP contribution in [-0.2, 0) is 0 Å². The molecule has 0 radical (unpaired) electrons. The van der Waals surface area contributed by atoms with Crippen LogP contribution in [0.4, 0.5) is 0 Å². The van der Waals surface area contributed by atoms with E-state index < -0.39 is 0 Å². The monoisotopic (exact) mass is 157 g/mol. The van der Waals surface area contributed by atoms with Gasteiger partial charge in [-0.05, 0) is 31.4 Å². The Morgan fingerprint density at radius 2 is 2.10 bits per heavy atom. The van der Waals surface area contributed by atoms with Crippen molar-refractivity contribution in [3.05, 3.63) is 22.8 Å². The molecule has 0 amide bonds. The van der Waals surface area contributed by atoms with Crippen LogP contribution in [0, 0.1) is 0 Å². The number of rotatable bonds is 2. The van der Waals surface area contributed by atoms with Gasteiger partial charge in [-0.15, -0.1) is 0 Å². The smallest absolute Gasteiger partial charge is 0.0395 e. The maximum absolute atomic E-state index is 5.90. The summed E-state index contributed by atoms with van der Waals surface area (Å²) >= 11 is 5.90. The third kappa shape index (κ3) is 1.86. The highest BCUT2D eigenvalue weighted by Gasteiger charge is 2.03. The Morgan fingerprint density at radius 3 is 2.70 bits per heavy atom. The van der Waals surface area contributed by atoms with Crippen molar-refractivity contribution in [1.82, 2.24) is 0 Å². The third-order valence-electron chi connectivity index (χ3n) is 1.60. The summed E-state index contributed by atoms with van der Waals surface area (Å²) in [5, 5.41) is 0.900. The third-order valence-corrected chi connectivity index (χ3v) is 2.00. The topological polar surface area (TPSA) is 26.0 Å². The Bertz CT molecular complexity index is 170. The lowest BCUT2D eigenvalue weighted by molar-refractivity contribution is 0.921. The maximum atomic E-state index is 5.90. The zero-order valence-electron chi connectivity index (χ0n) is 5.94. The van der Waals surface area contributed by atoms with Crippen molar-refractivity contribution < 1.29 is 0 Å². The van der Waals surface area contributed by atoms with Crippen LogP contribution in [0.2, 0.25) is 0 Å². The summed E-state index contributed by atoms with van der Waals surface area (Å²) in [6.07, 6.45) is 7.34. The average molecular weight is 158 g/mol. The molecule has 2 N–H and O–H groups in total. The molecule has 1 aliphatic rings. The molecule has 2 heteroatoms. The number of hydrogen-bond donors (Lipinski definition) is 1. The summed E-state index contributed by atoms with van der Waals surface area (Å²) in [6.45, 7) is 0.690. The van der Waals surface area contributed by atoms with Crippen molar-refractivity contribution in [3.8, 4) is 0 Å². The second-order valence-electron chi connectivity index (χ2n) is 2.40. The first-order valence-corrected chi connectivity index (χ1v) is 3.97. The number of halogens is 1. The van der Waals surface area contributed by atoms with Gasteiger partial charge in [-0.25, -0.2) is 0 Å². The van der Waals surface area contributed by atoms with E-state index >= 15 is 0 Å². The van der Waals surface area contributed by atoms with Crippen molar-refractivity contribution in [2.24, 2.45) is 5.73 Å². The fraction of sp³-hybridized carbons (Fsp3) is 0.500. The maximum Gasteiger partial charge on any atom is 0.0395 e. The molecule has 0 aromatic carbocycles. The van der Waals surface area contributed by atoms with Gasteiger partial charge in [0.05, 0.1) is 0 Å². The Kier molecular flexibility index (Phi) is 2.97. The fourth-order valence-corrected chi connectivity index (χ4v) is 1.35. The summed E-state index contributed by atoms with van der Waals surface area (Å²) < 4.78 is 0. The second kappa shape index (κ2) is 3.79. The van der Waals surface area contributed by atoms with E-state index in [1.165, 1.54) is 5.57 Å². The number of hydrogen-bond acceptors (Lipinski definition) is 1. The molecule has 0 spiro atoms. The molecule has 0 atom stereocenters. The lowest BCUT2D eigenvalue weighted by Crippen LogP contribution is -2.01. The molecule has 1 aliphatic carbocycles. The average Bonchev–Trinajstić information content (AvgIpc) is 1.94. The summed E-state index contributed by atoms with van der Waals surface area (Å²) in [6, 6.07) is 0. The van der Waals surface area contributed by atoms with E-state index in [4.69, 9.17) is 17.3 Å². The molecule has 56 valence electrons. The largest absolute Gasteiger partial charge is 0.330 e. The highest BCUT2D eigenvalue weighted by Crippen LogP contribution is 2.23. The molecule has 0 saturated carbocycles. The van der Waals surface area contributed by atoms with Crippen molar-refractivity contribution in [2.45, 2.75) is 19.3 Å². The predicted molar refractivity (Wildman–Crippen MR) is 44.9 cm³/mol. The van der Waals surface area contributed by atoms with E-state index in [2.05, 4.69) is 12.2 Å². The second-order valence-corrected chi connectivity index (χ2v) is 2.80. The highest BCUT2D eigenvalue weighted by atomic mass is 35.5. The van der Waals surface area contributed by atoms with E-state index in [1.807, 2.05) is 0 Å². The zero-order valence-corrected chi connectivity index (χ0v) is 6.69. The summed E-state index contributed by atoms with van der Waals surface area (Å²) in [4.78, 5) is 0. The van der Waals surface area contributed by atoms with Gasteiger partial charge >= 0.3 is 0 Å². The first-order valence-electron chi connectivity index (χ1n) is 3.59. The van der Waals surface area contributed by atoms with Crippen LogP contribution in [-0.4, -0.2) is 6.54 Å². The standard InChI is InChI=1S/C8H12ClN/c9-8-4-2-1-3-7(8)5-6-10/h3-4H,1-2,5-6,10H2. The molecular weight excluding hydrogens is 146 g/mol. The Balaban J connectivity index is 2.56. The Morgan fingerprint density at radius 1 is 1.40 bits per heavy atom. The van der Waals surface area contributed by atoms with E-state index in [0.717, 1.165) is 24.3 Å². The molecule has 0 aromatic rings. The molecule has 0 unspecified atom stereocenters. The van der Waals surface area contributed by atoms with E-state index in [9.17, 15) is 0 Å². The first-order chi connectivity index (χ1) is 4.84. The van der Waals surface area contributed by atoms with Crippen LogP contribution >= 0.6 is 11.6 Å². The molecule has 1 rings (SSSR count). The molecule has 0 bridgehead atoms. The quantitative estimate of drug-likeness (QED) is 0.654. The SMILES string of the molecule is NCCC1=CCCC=C1Cl. The molecular formula is C8H12ClN. The van der Waals surface area contributed by atoms with Crippen LogP contribution in [0.3, 0.4) is 0 Å². The normalized spacial score (nSPS) is 18.2. The minimum Gasteiger partial charge on any atom is -0.330 e. The van der Waals surface area contributed by atoms with Gasteiger partial charge in [0.1, 0.15) is 0 Å². The van der Waals surface area contributed by atoms with Gasteiger partial charge in [0.2, 0.25) is 0 Å². The molecule has 0 saturated heterocycles. The summed E-state index contributed by atoms with van der Waals surface area (Å²) in [5.41, 5.74) is 6.61. The van der Waals surface area contributed by atoms with E-state index in [1.54, 1.807) is 0 Å². The van der Waals surface area contributed by atoms with Crippen molar-refractivity contribution in [1.29, 1.82) is 0 Å². The fourth-order valence-electron chi connectivity index (χ4n) is 1.07. The molecule has 1 nitrogen and oxygen atoms in total. The first kappa shape index (κ1) is 7.83. The molecule has 0 aromatic heterocycles. The number of allylic oxidation sites excluding steroid dienone is 3. The van der Waals surface area contributed by atoms with Crippen molar-refractivity contribution in [2.75, 3.05) is 6.54 Å². The van der Waals surface area contributed by atoms with E-state index in [0.29, 0.717) is 6.54 Å². The van der Waals surface area contributed by atoms with Gasteiger partial charge in [-0.3, -0.25) is 0 Å². The minimum absolute atomic E-state index is 0.690. The van der Waals surface area contributed by atoms with Gasteiger partial charge in [0.25, 0.3) is 0 Å². The van der Waals surface area contributed by atoms with E-state index in [-0.39, 0.29) is 0 Å². The highest BCUT2D eigenvalue weighted by molar-refractivity contribution is 6.32. The van der Waals surface area contributed by atoms with Crippen LogP contribution < -0.4 is 5.73 Å². The molecule has 0 aliphatic heterocycles. The van der Waals surface area contributed by atoms with Gasteiger partial charge < -0.3 is 5.73 Å². The predicted octanol–water partition coefficient (Wildman–Crippen LogP) is 2.18. The summed E-state index contributed by atoms with van der Waals surface area (Å²) in [7, 11) is 0. The van der Waals surface area contributed by atoms with Gasteiger partial charge in [-0.1, -0.05) is 23.8 Å². The Labute approximate surface area is 66.6 Å². The molecule has 0 heterocycles. The zero-order chi connectivity index (χ0) is 7.40. The Hall–Kier alpha value is -0.270. The molecule has 10 heavy (non-hydrogen) atoms. The van der Waals surface area contributed by atoms with Gasteiger partial charge in [-0.2, -0.15) is 0 Å². The van der Waals surface area contributed by atoms with Gasteiger partial charge in [0, 0.05) is 5.03 Å². The number of nitrogens with two attached hydrogens (primary N) is 1. The van der Waals surface area contributed by atoms with Crippen LogP contribution in [0.15, 0.2) is 22.8 Å².